The van der Waals surface area contributed by atoms with Gasteiger partial charge in [0.25, 0.3) is 11.7 Å². The number of nitrogens with two attached hydrogens (primary N) is 1. The molecule has 0 atom stereocenters. The normalized spacial score (nSPS) is 10.2. The largest absolute Gasteiger partial charge is 0.339 e. The summed E-state index contributed by atoms with van der Waals surface area (Å²) in [6.07, 6.45) is 0. The lowest BCUT2D eigenvalue weighted by molar-refractivity contribution is 0.101. The first-order chi connectivity index (χ1) is 8.19. The quantitative estimate of drug-likeness (QED) is 0.826. The molecule has 0 saturated carbocycles. The van der Waals surface area contributed by atoms with E-state index >= 15 is 0 Å². The van der Waals surface area contributed by atoms with E-state index in [9.17, 15) is 4.79 Å². The number of hydrogen-bond acceptors (Lipinski definition) is 5. The molecule has 2 rings (SSSR count). The van der Waals surface area contributed by atoms with Crippen LogP contribution in [0.15, 0.2) is 28.8 Å². The molecule has 1 aromatic carbocycles. The standard InChI is InChI=1S/C11H12N4O2/c1-7-13-10(15-17-7)11(16)14-9-4-2-3-8(5-9)6-12/h2-5H,6,12H2,1H3,(H,14,16). The Balaban J connectivity index is 2.12. The molecule has 0 aliphatic rings. The number of amides is 1. The van der Waals surface area contributed by atoms with Crippen LogP contribution >= 0.6 is 0 Å². The summed E-state index contributed by atoms with van der Waals surface area (Å²) in [7, 11) is 0. The Hall–Kier alpha value is -2.21. The third kappa shape index (κ3) is 2.67. The number of benzene rings is 1. The van der Waals surface area contributed by atoms with Crippen molar-refractivity contribution in [2.24, 2.45) is 5.73 Å². The summed E-state index contributed by atoms with van der Waals surface area (Å²) < 4.78 is 4.73. The van der Waals surface area contributed by atoms with Crippen molar-refractivity contribution in [3.05, 3.63) is 41.5 Å². The molecule has 1 amide bonds. The maximum atomic E-state index is 11.7. The SMILES string of the molecule is Cc1nc(C(=O)Nc2cccc(CN)c2)no1. The number of aryl methyl sites for hydroxylation is 1. The first kappa shape index (κ1) is 11.3. The number of nitrogens with one attached hydrogen (secondary N) is 1. The third-order valence-electron chi connectivity index (χ3n) is 2.15. The van der Waals surface area contributed by atoms with Gasteiger partial charge in [0, 0.05) is 19.2 Å². The van der Waals surface area contributed by atoms with Crippen molar-refractivity contribution in [1.82, 2.24) is 10.1 Å². The molecule has 0 radical (unpaired) electrons. The predicted molar refractivity (Wildman–Crippen MR) is 61.3 cm³/mol. The van der Waals surface area contributed by atoms with E-state index < -0.39 is 5.91 Å². The highest BCUT2D eigenvalue weighted by Crippen LogP contribution is 2.11. The van der Waals surface area contributed by atoms with E-state index in [0.29, 0.717) is 18.1 Å². The first-order valence-electron chi connectivity index (χ1n) is 5.09. The van der Waals surface area contributed by atoms with Crippen LogP contribution in [-0.4, -0.2) is 16.0 Å². The van der Waals surface area contributed by atoms with E-state index in [4.69, 9.17) is 10.3 Å². The number of anilines is 1. The summed E-state index contributed by atoms with van der Waals surface area (Å²) in [5.41, 5.74) is 7.10. The minimum absolute atomic E-state index is 0.0145. The molecule has 1 aromatic heterocycles. The number of rotatable bonds is 3. The highest BCUT2D eigenvalue weighted by Gasteiger charge is 2.12. The third-order valence-corrected chi connectivity index (χ3v) is 2.15. The molecule has 0 aliphatic carbocycles. The molecule has 0 saturated heterocycles. The Morgan fingerprint density at radius 2 is 2.35 bits per heavy atom. The molecule has 0 bridgehead atoms. The molecule has 6 heteroatoms. The molecule has 0 spiro atoms. The second kappa shape index (κ2) is 4.75. The van der Waals surface area contributed by atoms with Gasteiger partial charge >= 0.3 is 0 Å². The minimum Gasteiger partial charge on any atom is -0.339 e. The van der Waals surface area contributed by atoms with Crippen LogP contribution in [0, 0.1) is 6.92 Å². The number of carbonyl (C=O) groups is 1. The van der Waals surface area contributed by atoms with Crippen LogP contribution in [0.2, 0.25) is 0 Å². The Labute approximate surface area is 97.8 Å². The van der Waals surface area contributed by atoms with Gasteiger partial charge in [0.05, 0.1) is 0 Å². The van der Waals surface area contributed by atoms with Gasteiger partial charge in [-0.3, -0.25) is 4.79 Å². The number of hydrogen-bond donors (Lipinski definition) is 2. The van der Waals surface area contributed by atoms with Gasteiger partial charge in [0.15, 0.2) is 0 Å². The fourth-order valence-corrected chi connectivity index (χ4v) is 1.35. The van der Waals surface area contributed by atoms with Gasteiger partial charge < -0.3 is 15.6 Å². The molecule has 3 N–H and O–H groups in total. The van der Waals surface area contributed by atoms with Crippen molar-refractivity contribution in [1.29, 1.82) is 0 Å². The van der Waals surface area contributed by atoms with E-state index in [1.807, 2.05) is 12.1 Å². The molecule has 2 aromatic rings. The highest BCUT2D eigenvalue weighted by atomic mass is 16.5. The number of aromatic nitrogens is 2. The highest BCUT2D eigenvalue weighted by molar-refractivity contribution is 6.01. The smallest absolute Gasteiger partial charge is 0.297 e. The van der Waals surface area contributed by atoms with Crippen molar-refractivity contribution in [2.75, 3.05) is 5.32 Å². The zero-order valence-electron chi connectivity index (χ0n) is 9.30. The van der Waals surface area contributed by atoms with Crippen LogP contribution in [0.4, 0.5) is 5.69 Å². The fourth-order valence-electron chi connectivity index (χ4n) is 1.35. The minimum atomic E-state index is -0.406. The van der Waals surface area contributed by atoms with Gasteiger partial charge in [-0.2, -0.15) is 4.98 Å². The van der Waals surface area contributed by atoms with Crippen LogP contribution in [0.3, 0.4) is 0 Å². The molecule has 0 fully saturated rings. The predicted octanol–water partition coefficient (Wildman–Crippen LogP) is 1.09. The van der Waals surface area contributed by atoms with Crippen molar-refractivity contribution < 1.29 is 9.32 Å². The van der Waals surface area contributed by atoms with Gasteiger partial charge in [-0.1, -0.05) is 17.3 Å². The zero-order chi connectivity index (χ0) is 12.3. The summed E-state index contributed by atoms with van der Waals surface area (Å²) >= 11 is 0. The number of nitrogens with zero attached hydrogens (tertiary/aromatic N) is 2. The van der Waals surface area contributed by atoms with E-state index in [-0.39, 0.29) is 5.82 Å². The van der Waals surface area contributed by atoms with Gasteiger partial charge in [-0.15, -0.1) is 0 Å². The Morgan fingerprint density at radius 3 is 3.00 bits per heavy atom. The summed E-state index contributed by atoms with van der Waals surface area (Å²) in [6.45, 7) is 2.05. The Bertz CT molecular complexity index is 536. The van der Waals surface area contributed by atoms with Crippen molar-refractivity contribution >= 4 is 11.6 Å². The fraction of sp³-hybridized carbons (Fsp3) is 0.182. The molecule has 17 heavy (non-hydrogen) atoms. The summed E-state index contributed by atoms with van der Waals surface area (Å²) in [5.74, 6) is -0.0393. The van der Waals surface area contributed by atoms with Gasteiger partial charge in [0.1, 0.15) is 0 Å². The Kier molecular flexibility index (Phi) is 3.15. The van der Waals surface area contributed by atoms with Crippen LogP contribution in [-0.2, 0) is 6.54 Å². The molecular formula is C11H12N4O2. The second-order valence-corrected chi connectivity index (χ2v) is 3.50. The van der Waals surface area contributed by atoms with E-state index in [1.165, 1.54) is 0 Å². The maximum Gasteiger partial charge on any atom is 0.297 e. The lowest BCUT2D eigenvalue weighted by Crippen LogP contribution is -2.14. The Morgan fingerprint density at radius 1 is 1.53 bits per heavy atom. The summed E-state index contributed by atoms with van der Waals surface area (Å²) in [6, 6.07) is 7.27. The number of carbonyl (C=O) groups excluding carboxylic acids is 1. The molecular weight excluding hydrogens is 220 g/mol. The summed E-state index contributed by atoms with van der Waals surface area (Å²) in [5, 5.41) is 6.20. The average molecular weight is 232 g/mol. The van der Waals surface area contributed by atoms with Crippen molar-refractivity contribution in [2.45, 2.75) is 13.5 Å². The van der Waals surface area contributed by atoms with Crippen LogP contribution < -0.4 is 11.1 Å². The molecule has 6 nitrogen and oxygen atoms in total. The van der Waals surface area contributed by atoms with Crippen LogP contribution in [0.5, 0.6) is 0 Å². The summed E-state index contributed by atoms with van der Waals surface area (Å²) in [4.78, 5) is 15.5. The van der Waals surface area contributed by atoms with Gasteiger partial charge in [-0.05, 0) is 17.7 Å². The van der Waals surface area contributed by atoms with E-state index in [2.05, 4.69) is 15.5 Å². The zero-order valence-corrected chi connectivity index (χ0v) is 9.30. The van der Waals surface area contributed by atoms with Crippen LogP contribution in [0.25, 0.3) is 0 Å². The molecule has 88 valence electrons. The second-order valence-electron chi connectivity index (χ2n) is 3.50. The molecule has 1 heterocycles. The average Bonchev–Trinajstić information content (AvgIpc) is 2.76. The monoisotopic (exact) mass is 232 g/mol. The topological polar surface area (TPSA) is 94.0 Å². The van der Waals surface area contributed by atoms with Crippen molar-refractivity contribution in [3.63, 3.8) is 0 Å². The molecule has 0 aliphatic heterocycles. The maximum absolute atomic E-state index is 11.7. The van der Waals surface area contributed by atoms with Crippen molar-refractivity contribution in [3.8, 4) is 0 Å². The van der Waals surface area contributed by atoms with Gasteiger partial charge in [0.2, 0.25) is 5.89 Å². The first-order valence-corrected chi connectivity index (χ1v) is 5.09. The molecule has 0 unspecified atom stereocenters. The van der Waals surface area contributed by atoms with Gasteiger partial charge in [-0.25, -0.2) is 0 Å². The lowest BCUT2D eigenvalue weighted by atomic mass is 10.2. The lowest BCUT2D eigenvalue weighted by Gasteiger charge is -2.03. The van der Waals surface area contributed by atoms with Crippen LogP contribution in [0.1, 0.15) is 22.1 Å². The van der Waals surface area contributed by atoms with E-state index in [1.54, 1.807) is 19.1 Å². The van der Waals surface area contributed by atoms with E-state index in [0.717, 1.165) is 5.56 Å².